The summed E-state index contributed by atoms with van der Waals surface area (Å²) in [5, 5.41) is 2.92. The zero-order valence-corrected chi connectivity index (χ0v) is 17.2. The Morgan fingerprint density at radius 2 is 1.70 bits per heavy atom. The van der Waals surface area contributed by atoms with Crippen LogP contribution in [-0.4, -0.2) is 32.2 Å². The van der Waals surface area contributed by atoms with Crippen molar-refractivity contribution in [2.75, 3.05) is 18.9 Å². The van der Waals surface area contributed by atoms with Gasteiger partial charge in [0.15, 0.2) is 0 Å². The van der Waals surface area contributed by atoms with Crippen molar-refractivity contribution >= 4 is 21.6 Å². The molecule has 0 aliphatic rings. The lowest BCUT2D eigenvalue weighted by molar-refractivity contribution is 0.102. The van der Waals surface area contributed by atoms with Crippen LogP contribution in [0.5, 0.6) is 0 Å². The van der Waals surface area contributed by atoms with Gasteiger partial charge in [0, 0.05) is 24.8 Å². The minimum Gasteiger partial charge on any atom is -0.322 e. The fourth-order valence-corrected chi connectivity index (χ4v) is 3.98. The predicted molar refractivity (Wildman–Crippen MR) is 110 cm³/mol. The van der Waals surface area contributed by atoms with Gasteiger partial charge in [-0.1, -0.05) is 45.4 Å². The second kappa shape index (κ2) is 9.15. The first-order valence-corrected chi connectivity index (χ1v) is 10.7. The molecule has 1 amide bonds. The third kappa shape index (κ3) is 5.17. The molecule has 0 aliphatic carbocycles. The molecular weight excluding hydrogens is 360 g/mol. The van der Waals surface area contributed by atoms with Crippen molar-refractivity contribution in [1.82, 2.24) is 4.31 Å². The summed E-state index contributed by atoms with van der Waals surface area (Å²) in [6, 6.07) is 13.8. The van der Waals surface area contributed by atoms with Gasteiger partial charge in [-0.25, -0.2) is 12.7 Å². The summed E-state index contributed by atoms with van der Waals surface area (Å²) in [7, 11) is -1.95. The van der Waals surface area contributed by atoms with Gasteiger partial charge in [0.25, 0.3) is 5.91 Å². The van der Waals surface area contributed by atoms with E-state index in [0.29, 0.717) is 12.1 Å². The summed E-state index contributed by atoms with van der Waals surface area (Å²) < 4.78 is 26.5. The number of hydrogen-bond acceptors (Lipinski definition) is 3. The van der Waals surface area contributed by atoms with E-state index in [1.807, 2.05) is 31.2 Å². The van der Waals surface area contributed by atoms with E-state index in [-0.39, 0.29) is 16.7 Å². The number of anilines is 1. The first kappa shape index (κ1) is 21.1. The van der Waals surface area contributed by atoms with Crippen LogP contribution >= 0.6 is 0 Å². The van der Waals surface area contributed by atoms with E-state index >= 15 is 0 Å². The summed E-state index contributed by atoms with van der Waals surface area (Å²) in [6.45, 7) is 6.64. The fourth-order valence-electron chi connectivity index (χ4n) is 2.77. The van der Waals surface area contributed by atoms with Gasteiger partial charge in [0.05, 0.1) is 4.90 Å². The minimum absolute atomic E-state index is 0.195. The number of hydrogen-bond donors (Lipinski definition) is 1. The number of para-hydroxylation sites is 1. The highest BCUT2D eigenvalue weighted by Crippen LogP contribution is 2.24. The fraction of sp³-hybridized carbons (Fsp3) is 0.381. The third-order valence-electron chi connectivity index (χ3n) is 4.48. The first-order valence-electron chi connectivity index (χ1n) is 9.24. The van der Waals surface area contributed by atoms with Crippen LogP contribution in [0.2, 0.25) is 0 Å². The highest BCUT2D eigenvalue weighted by Gasteiger charge is 2.20. The molecule has 0 aliphatic heterocycles. The molecule has 6 heteroatoms. The van der Waals surface area contributed by atoms with Crippen molar-refractivity contribution in [2.24, 2.45) is 0 Å². The molecule has 0 bridgehead atoms. The molecule has 146 valence electrons. The van der Waals surface area contributed by atoms with Gasteiger partial charge in [-0.2, -0.15) is 0 Å². The van der Waals surface area contributed by atoms with Crippen LogP contribution in [0, 0.1) is 0 Å². The maximum atomic E-state index is 12.6. The molecule has 0 spiro atoms. The number of benzene rings is 2. The van der Waals surface area contributed by atoms with Crippen LogP contribution < -0.4 is 5.32 Å². The zero-order valence-electron chi connectivity index (χ0n) is 16.4. The van der Waals surface area contributed by atoms with Crippen LogP contribution in [-0.2, 0) is 10.0 Å². The van der Waals surface area contributed by atoms with E-state index in [1.165, 1.54) is 16.4 Å². The number of unbranched alkanes of at least 4 members (excludes halogenated alkanes) is 1. The van der Waals surface area contributed by atoms with Crippen molar-refractivity contribution in [1.29, 1.82) is 0 Å². The molecular formula is C21H28N2O3S. The molecule has 0 unspecified atom stereocenters. The van der Waals surface area contributed by atoms with Crippen molar-refractivity contribution in [3.05, 3.63) is 59.7 Å². The molecule has 0 saturated heterocycles. The quantitative estimate of drug-likeness (QED) is 0.725. The molecule has 0 aromatic heterocycles. The Kier molecular flexibility index (Phi) is 7.16. The van der Waals surface area contributed by atoms with Crippen LogP contribution in [0.4, 0.5) is 5.69 Å². The summed E-state index contributed by atoms with van der Waals surface area (Å²) in [5.41, 5.74) is 2.25. The third-order valence-corrected chi connectivity index (χ3v) is 6.35. The van der Waals surface area contributed by atoms with E-state index in [0.717, 1.165) is 24.1 Å². The molecule has 0 radical (unpaired) electrons. The molecule has 27 heavy (non-hydrogen) atoms. The Labute approximate surface area is 162 Å². The lowest BCUT2D eigenvalue weighted by atomic mass is 10.0. The van der Waals surface area contributed by atoms with Gasteiger partial charge in [-0.15, -0.1) is 0 Å². The van der Waals surface area contributed by atoms with Gasteiger partial charge in [0.1, 0.15) is 0 Å². The summed E-state index contributed by atoms with van der Waals surface area (Å²) in [4.78, 5) is 12.7. The van der Waals surface area contributed by atoms with E-state index in [2.05, 4.69) is 19.2 Å². The van der Waals surface area contributed by atoms with Crippen LogP contribution in [0.1, 0.15) is 55.5 Å². The second-order valence-electron chi connectivity index (χ2n) is 6.90. The number of sulfonamides is 1. The highest BCUT2D eigenvalue weighted by molar-refractivity contribution is 7.89. The van der Waals surface area contributed by atoms with Crippen molar-refractivity contribution in [2.45, 2.75) is 44.4 Å². The molecule has 0 saturated carbocycles. The predicted octanol–water partition coefficient (Wildman–Crippen LogP) is 4.48. The van der Waals surface area contributed by atoms with E-state index < -0.39 is 10.0 Å². The first-order chi connectivity index (χ1) is 12.8. The molecule has 1 N–H and O–H groups in total. The van der Waals surface area contributed by atoms with E-state index in [1.54, 1.807) is 19.2 Å². The number of nitrogens with zero attached hydrogens (tertiary/aromatic N) is 1. The monoisotopic (exact) mass is 388 g/mol. The van der Waals surface area contributed by atoms with Gasteiger partial charge in [0.2, 0.25) is 10.0 Å². The lowest BCUT2D eigenvalue weighted by Gasteiger charge is -2.17. The number of carbonyl (C=O) groups is 1. The topological polar surface area (TPSA) is 66.5 Å². The van der Waals surface area contributed by atoms with Crippen LogP contribution in [0.15, 0.2) is 53.4 Å². The second-order valence-corrected chi connectivity index (χ2v) is 8.95. The summed E-state index contributed by atoms with van der Waals surface area (Å²) >= 11 is 0. The van der Waals surface area contributed by atoms with Crippen LogP contribution in [0.3, 0.4) is 0 Å². The zero-order chi connectivity index (χ0) is 20.0. The largest absolute Gasteiger partial charge is 0.322 e. The Balaban J connectivity index is 2.17. The summed E-state index contributed by atoms with van der Waals surface area (Å²) in [5.74, 6) is 0.0269. The molecule has 0 heterocycles. The van der Waals surface area contributed by atoms with Gasteiger partial charge < -0.3 is 5.32 Å². The van der Waals surface area contributed by atoms with Gasteiger partial charge >= 0.3 is 0 Å². The van der Waals surface area contributed by atoms with Gasteiger partial charge in [-0.05, 0) is 48.2 Å². The van der Waals surface area contributed by atoms with Crippen LogP contribution in [0.25, 0.3) is 0 Å². The standard InChI is InChI=1S/C21H28N2O3S/c1-5-6-15-23(4)27(25,26)18-13-11-17(12-14-18)21(24)22-20-10-8-7-9-19(20)16(2)3/h7-14,16H,5-6,15H2,1-4H3,(H,22,24). The average molecular weight is 389 g/mol. The van der Waals surface area contributed by atoms with E-state index in [9.17, 15) is 13.2 Å². The summed E-state index contributed by atoms with van der Waals surface area (Å²) in [6.07, 6.45) is 1.74. The normalized spacial score (nSPS) is 11.8. The highest BCUT2D eigenvalue weighted by atomic mass is 32.2. The molecule has 2 aromatic carbocycles. The maximum Gasteiger partial charge on any atom is 0.255 e. The number of amides is 1. The SMILES string of the molecule is CCCCN(C)S(=O)(=O)c1ccc(C(=O)Nc2ccccc2C(C)C)cc1. The Morgan fingerprint density at radius 3 is 2.30 bits per heavy atom. The molecule has 2 rings (SSSR count). The average Bonchev–Trinajstić information content (AvgIpc) is 2.66. The Morgan fingerprint density at radius 1 is 1.07 bits per heavy atom. The Bertz CT molecular complexity index is 875. The van der Waals surface area contributed by atoms with Gasteiger partial charge in [-0.3, -0.25) is 4.79 Å². The molecule has 0 fully saturated rings. The van der Waals surface area contributed by atoms with Crippen molar-refractivity contribution in [3.63, 3.8) is 0 Å². The smallest absolute Gasteiger partial charge is 0.255 e. The number of rotatable bonds is 8. The molecule has 5 nitrogen and oxygen atoms in total. The lowest BCUT2D eigenvalue weighted by Crippen LogP contribution is -2.28. The van der Waals surface area contributed by atoms with Crippen molar-refractivity contribution in [3.8, 4) is 0 Å². The minimum atomic E-state index is -3.53. The van der Waals surface area contributed by atoms with E-state index in [4.69, 9.17) is 0 Å². The maximum absolute atomic E-state index is 12.6. The molecule has 0 atom stereocenters. The van der Waals surface area contributed by atoms with Crippen molar-refractivity contribution < 1.29 is 13.2 Å². The Hall–Kier alpha value is -2.18. The number of carbonyl (C=O) groups excluding carboxylic acids is 1. The number of nitrogens with one attached hydrogen (secondary N) is 1. The molecule has 2 aromatic rings.